The number of ether oxygens (including phenoxy) is 1. The standard InChI is InChI=1S/C16H26N2O/c1-17-16(11-10-15-5-4-12-19-15)13-6-8-14(9-7-13)18(2)3/h6-9,15-17H,4-5,10-12H2,1-3H3. The first-order valence-corrected chi connectivity index (χ1v) is 7.27. The zero-order valence-electron chi connectivity index (χ0n) is 12.4. The van der Waals surface area contributed by atoms with E-state index in [9.17, 15) is 0 Å². The summed E-state index contributed by atoms with van der Waals surface area (Å²) in [5.74, 6) is 0. The Kier molecular flexibility index (Phi) is 5.23. The molecule has 1 aliphatic rings. The van der Waals surface area contributed by atoms with Crippen molar-refractivity contribution in [2.45, 2.75) is 37.8 Å². The molecule has 106 valence electrons. The van der Waals surface area contributed by atoms with Crippen LogP contribution in [-0.2, 0) is 4.74 Å². The van der Waals surface area contributed by atoms with Crippen molar-refractivity contribution in [1.29, 1.82) is 0 Å². The van der Waals surface area contributed by atoms with Gasteiger partial charge in [-0.2, -0.15) is 0 Å². The molecule has 2 unspecified atom stereocenters. The van der Waals surface area contributed by atoms with Crippen molar-refractivity contribution in [2.75, 3.05) is 32.6 Å². The third-order valence-electron chi connectivity index (χ3n) is 3.96. The number of nitrogens with zero attached hydrogens (tertiary/aromatic N) is 1. The average Bonchev–Trinajstić information content (AvgIpc) is 2.93. The summed E-state index contributed by atoms with van der Waals surface area (Å²) in [5.41, 5.74) is 2.61. The van der Waals surface area contributed by atoms with Gasteiger partial charge in [-0.3, -0.25) is 0 Å². The summed E-state index contributed by atoms with van der Waals surface area (Å²) in [6.07, 6.45) is 5.24. The third kappa shape index (κ3) is 3.95. The van der Waals surface area contributed by atoms with E-state index < -0.39 is 0 Å². The summed E-state index contributed by atoms with van der Waals surface area (Å²) in [6.45, 7) is 0.951. The van der Waals surface area contributed by atoms with Gasteiger partial charge in [-0.25, -0.2) is 0 Å². The van der Waals surface area contributed by atoms with E-state index in [-0.39, 0.29) is 0 Å². The quantitative estimate of drug-likeness (QED) is 0.853. The lowest BCUT2D eigenvalue weighted by Crippen LogP contribution is -2.19. The fourth-order valence-corrected chi connectivity index (χ4v) is 2.71. The van der Waals surface area contributed by atoms with E-state index >= 15 is 0 Å². The Morgan fingerprint density at radius 3 is 2.58 bits per heavy atom. The van der Waals surface area contributed by atoms with Crippen LogP contribution in [0.2, 0.25) is 0 Å². The lowest BCUT2D eigenvalue weighted by molar-refractivity contribution is 0.0998. The Balaban J connectivity index is 1.92. The van der Waals surface area contributed by atoms with Crippen molar-refractivity contribution >= 4 is 5.69 Å². The summed E-state index contributed by atoms with van der Waals surface area (Å²) in [4.78, 5) is 2.13. The van der Waals surface area contributed by atoms with Crippen LogP contribution in [0, 0.1) is 0 Å². The minimum atomic E-state index is 0.431. The van der Waals surface area contributed by atoms with Gasteiger partial charge in [0.05, 0.1) is 6.10 Å². The highest BCUT2D eigenvalue weighted by Crippen LogP contribution is 2.25. The van der Waals surface area contributed by atoms with E-state index in [1.165, 1.54) is 24.1 Å². The first-order valence-electron chi connectivity index (χ1n) is 7.27. The van der Waals surface area contributed by atoms with Crippen molar-refractivity contribution in [3.05, 3.63) is 29.8 Å². The van der Waals surface area contributed by atoms with Crippen molar-refractivity contribution in [2.24, 2.45) is 0 Å². The zero-order valence-corrected chi connectivity index (χ0v) is 12.4. The van der Waals surface area contributed by atoms with E-state index in [0.29, 0.717) is 12.1 Å². The first kappa shape index (κ1) is 14.4. The highest BCUT2D eigenvalue weighted by Gasteiger charge is 2.18. The van der Waals surface area contributed by atoms with E-state index in [2.05, 4.69) is 48.6 Å². The number of hydrogen-bond acceptors (Lipinski definition) is 3. The van der Waals surface area contributed by atoms with Crippen LogP contribution in [0.25, 0.3) is 0 Å². The predicted molar refractivity (Wildman–Crippen MR) is 80.8 cm³/mol. The first-order chi connectivity index (χ1) is 9.20. The molecule has 1 aromatic carbocycles. The van der Waals surface area contributed by atoms with E-state index in [4.69, 9.17) is 4.74 Å². The Hall–Kier alpha value is -1.06. The minimum absolute atomic E-state index is 0.431. The van der Waals surface area contributed by atoms with E-state index in [0.717, 1.165) is 19.4 Å². The van der Waals surface area contributed by atoms with E-state index in [1.54, 1.807) is 0 Å². The molecule has 0 amide bonds. The molecule has 0 bridgehead atoms. The van der Waals surface area contributed by atoms with Crippen molar-refractivity contribution < 1.29 is 4.74 Å². The fraction of sp³-hybridized carbons (Fsp3) is 0.625. The average molecular weight is 262 g/mol. The zero-order chi connectivity index (χ0) is 13.7. The maximum absolute atomic E-state index is 5.70. The lowest BCUT2D eigenvalue weighted by Gasteiger charge is -2.20. The van der Waals surface area contributed by atoms with E-state index in [1.807, 2.05) is 7.05 Å². The second kappa shape index (κ2) is 6.92. The molecule has 19 heavy (non-hydrogen) atoms. The third-order valence-corrected chi connectivity index (χ3v) is 3.96. The number of benzene rings is 1. The van der Waals surface area contributed by atoms with Crippen LogP contribution in [0.3, 0.4) is 0 Å². The smallest absolute Gasteiger partial charge is 0.0576 e. The van der Waals surface area contributed by atoms with Gasteiger partial charge in [-0.15, -0.1) is 0 Å². The van der Waals surface area contributed by atoms with Gasteiger partial charge in [0.15, 0.2) is 0 Å². The largest absolute Gasteiger partial charge is 0.378 e. The number of anilines is 1. The van der Waals surface area contributed by atoms with Crippen molar-refractivity contribution in [3.63, 3.8) is 0 Å². The molecule has 1 fully saturated rings. The summed E-state index contributed by atoms with van der Waals surface area (Å²) in [7, 11) is 6.18. The molecule has 0 saturated carbocycles. The Labute approximate surface area is 116 Å². The Bertz CT molecular complexity index is 369. The molecule has 3 nitrogen and oxygen atoms in total. The van der Waals surface area contributed by atoms with Gasteiger partial charge < -0.3 is 15.0 Å². The lowest BCUT2D eigenvalue weighted by atomic mass is 9.99. The highest BCUT2D eigenvalue weighted by atomic mass is 16.5. The molecule has 1 aliphatic heterocycles. The molecule has 2 atom stereocenters. The van der Waals surface area contributed by atoms with Crippen LogP contribution in [0.4, 0.5) is 5.69 Å². The Morgan fingerprint density at radius 1 is 1.32 bits per heavy atom. The normalized spacial score (nSPS) is 20.5. The van der Waals surface area contributed by atoms with Gasteiger partial charge in [0.2, 0.25) is 0 Å². The molecule has 0 spiro atoms. The van der Waals surface area contributed by atoms with Gasteiger partial charge in [-0.1, -0.05) is 12.1 Å². The molecule has 0 aromatic heterocycles. The molecular formula is C16H26N2O. The summed E-state index contributed by atoms with van der Waals surface area (Å²) < 4.78 is 5.70. The molecule has 2 rings (SSSR count). The van der Waals surface area contributed by atoms with Crippen molar-refractivity contribution in [1.82, 2.24) is 5.32 Å². The van der Waals surface area contributed by atoms with Crippen LogP contribution in [0.15, 0.2) is 24.3 Å². The topological polar surface area (TPSA) is 24.5 Å². The highest BCUT2D eigenvalue weighted by molar-refractivity contribution is 5.46. The van der Waals surface area contributed by atoms with Crippen LogP contribution in [0.5, 0.6) is 0 Å². The summed E-state index contributed by atoms with van der Waals surface area (Å²) in [6, 6.07) is 9.26. The van der Waals surface area contributed by atoms with Crippen LogP contribution in [0.1, 0.15) is 37.3 Å². The maximum Gasteiger partial charge on any atom is 0.0576 e. The Morgan fingerprint density at radius 2 is 2.05 bits per heavy atom. The van der Waals surface area contributed by atoms with Gasteiger partial charge in [0.1, 0.15) is 0 Å². The number of hydrogen-bond donors (Lipinski definition) is 1. The predicted octanol–water partition coefficient (Wildman–Crippen LogP) is 2.97. The van der Waals surface area contributed by atoms with Crippen molar-refractivity contribution in [3.8, 4) is 0 Å². The minimum Gasteiger partial charge on any atom is -0.378 e. The number of nitrogens with one attached hydrogen (secondary N) is 1. The maximum atomic E-state index is 5.70. The molecule has 1 N–H and O–H groups in total. The molecule has 3 heteroatoms. The molecule has 1 aromatic rings. The SMILES string of the molecule is CNC(CCC1CCCO1)c1ccc(N(C)C)cc1. The molecule has 1 heterocycles. The van der Waals surface area contributed by atoms with Crippen LogP contribution < -0.4 is 10.2 Å². The van der Waals surface area contributed by atoms with Crippen LogP contribution >= 0.6 is 0 Å². The number of rotatable bonds is 6. The monoisotopic (exact) mass is 262 g/mol. The fourth-order valence-electron chi connectivity index (χ4n) is 2.71. The van der Waals surface area contributed by atoms with Gasteiger partial charge in [-0.05, 0) is 50.4 Å². The molecule has 0 aliphatic carbocycles. The van der Waals surface area contributed by atoms with Crippen LogP contribution in [-0.4, -0.2) is 33.9 Å². The molecule has 0 radical (unpaired) electrons. The van der Waals surface area contributed by atoms with Gasteiger partial charge in [0.25, 0.3) is 0 Å². The molecule has 1 saturated heterocycles. The van der Waals surface area contributed by atoms with Gasteiger partial charge in [0, 0.05) is 32.4 Å². The second-order valence-corrected chi connectivity index (χ2v) is 5.54. The summed E-state index contributed by atoms with van der Waals surface area (Å²) >= 11 is 0. The molecular weight excluding hydrogens is 236 g/mol. The van der Waals surface area contributed by atoms with Gasteiger partial charge >= 0.3 is 0 Å². The summed E-state index contributed by atoms with van der Waals surface area (Å²) in [5, 5.41) is 3.42. The second-order valence-electron chi connectivity index (χ2n) is 5.54.